The number of aromatic nitrogens is 2. The first kappa shape index (κ1) is 15.0. The fourth-order valence-corrected chi connectivity index (χ4v) is 2.22. The maximum absolute atomic E-state index is 12.6. The predicted molar refractivity (Wildman–Crippen MR) is 78.2 cm³/mol. The van der Waals surface area contributed by atoms with Gasteiger partial charge in [-0.15, -0.1) is 0 Å². The van der Waals surface area contributed by atoms with E-state index in [4.69, 9.17) is 5.11 Å². The summed E-state index contributed by atoms with van der Waals surface area (Å²) < 4.78 is 1.64. The van der Waals surface area contributed by atoms with E-state index in [2.05, 4.69) is 5.10 Å². The number of fused-ring (bicyclic) bond motifs is 1. The van der Waals surface area contributed by atoms with Gasteiger partial charge in [0.25, 0.3) is 5.91 Å². The normalized spacial score (nSPS) is 11.0. The Morgan fingerprint density at radius 2 is 2.14 bits per heavy atom. The van der Waals surface area contributed by atoms with Gasteiger partial charge in [0.1, 0.15) is 0 Å². The molecule has 0 unspecified atom stereocenters. The number of carbonyl (C=O) groups excluding carboxylic acids is 1. The quantitative estimate of drug-likeness (QED) is 0.881. The molecule has 112 valence electrons. The van der Waals surface area contributed by atoms with Crippen molar-refractivity contribution in [1.29, 1.82) is 0 Å². The van der Waals surface area contributed by atoms with E-state index in [0.29, 0.717) is 12.1 Å². The Bertz CT molecular complexity index is 648. The molecule has 0 aliphatic rings. The average Bonchev–Trinajstić information content (AvgIpc) is 2.86. The number of carbonyl (C=O) groups is 2. The molecule has 6 heteroatoms. The van der Waals surface area contributed by atoms with Crippen molar-refractivity contribution >= 4 is 17.4 Å². The van der Waals surface area contributed by atoms with E-state index in [1.165, 1.54) is 6.20 Å². The van der Waals surface area contributed by atoms with Crippen LogP contribution >= 0.6 is 0 Å². The zero-order chi connectivity index (χ0) is 15.4. The van der Waals surface area contributed by atoms with Crippen molar-refractivity contribution in [1.82, 2.24) is 14.5 Å². The molecule has 0 radical (unpaired) electrons. The smallest absolute Gasteiger partial charge is 0.305 e. The summed E-state index contributed by atoms with van der Waals surface area (Å²) in [6.45, 7) is 4.72. The lowest BCUT2D eigenvalue weighted by Crippen LogP contribution is -2.35. The maximum Gasteiger partial charge on any atom is 0.305 e. The number of carboxylic acids is 1. The Kier molecular flexibility index (Phi) is 4.57. The third kappa shape index (κ3) is 3.59. The minimum absolute atomic E-state index is 0.0579. The van der Waals surface area contributed by atoms with Crippen molar-refractivity contribution in [2.75, 3.05) is 13.1 Å². The van der Waals surface area contributed by atoms with Crippen molar-refractivity contribution in [2.45, 2.75) is 20.3 Å². The number of amides is 1. The molecule has 0 aliphatic heterocycles. The molecular weight excluding hydrogens is 270 g/mol. The highest BCUT2D eigenvalue weighted by atomic mass is 16.4. The Labute approximate surface area is 123 Å². The lowest BCUT2D eigenvalue weighted by Gasteiger charge is -2.23. The van der Waals surface area contributed by atoms with Crippen LogP contribution in [0.4, 0.5) is 0 Å². The molecule has 2 aromatic rings. The third-order valence-corrected chi connectivity index (χ3v) is 3.13. The topological polar surface area (TPSA) is 74.9 Å². The Hall–Kier alpha value is -2.37. The monoisotopic (exact) mass is 289 g/mol. The van der Waals surface area contributed by atoms with E-state index >= 15 is 0 Å². The first-order chi connectivity index (χ1) is 9.99. The van der Waals surface area contributed by atoms with Gasteiger partial charge in [0.05, 0.1) is 23.7 Å². The highest BCUT2D eigenvalue weighted by molar-refractivity contribution is 6.00. The molecule has 0 saturated carbocycles. The fraction of sp³-hybridized carbons (Fsp3) is 0.400. The molecule has 21 heavy (non-hydrogen) atoms. The van der Waals surface area contributed by atoms with Gasteiger partial charge in [-0.25, -0.2) is 4.52 Å². The molecule has 0 bridgehead atoms. The molecule has 0 spiro atoms. The van der Waals surface area contributed by atoms with Gasteiger partial charge in [-0.1, -0.05) is 19.9 Å². The van der Waals surface area contributed by atoms with Crippen molar-refractivity contribution in [3.05, 3.63) is 36.2 Å². The van der Waals surface area contributed by atoms with Crippen LogP contribution in [0.2, 0.25) is 0 Å². The van der Waals surface area contributed by atoms with E-state index in [-0.39, 0.29) is 24.8 Å². The Morgan fingerprint density at radius 3 is 2.81 bits per heavy atom. The van der Waals surface area contributed by atoms with Crippen molar-refractivity contribution in [3.8, 4) is 0 Å². The van der Waals surface area contributed by atoms with Crippen LogP contribution in [0.15, 0.2) is 30.6 Å². The minimum Gasteiger partial charge on any atom is -0.481 e. The van der Waals surface area contributed by atoms with Gasteiger partial charge in [-0.3, -0.25) is 9.59 Å². The van der Waals surface area contributed by atoms with Crippen molar-refractivity contribution in [3.63, 3.8) is 0 Å². The largest absolute Gasteiger partial charge is 0.481 e. The summed E-state index contributed by atoms with van der Waals surface area (Å²) in [5.41, 5.74) is 1.23. The van der Waals surface area contributed by atoms with Gasteiger partial charge in [0.15, 0.2) is 0 Å². The van der Waals surface area contributed by atoms with E-state index in [1.54, 1.807) is 15.6 Å². The number of hydrogen-bond donors (Lipinski definition) is 1. The molecule has 0 atom stereocenters. The van der Waals surface area contributed by atoms with Crippen LogP contribution in [-0.2, 0) is 4.79 Å². The molecule has 0 fully saturated rings. The highest BCUT2D eigenvalue weighted by Crippen LogP contribution is 2.14. The molecule has 0 saturated heterocycles. The second-order valence-electron chi connectivity index (χ2n) is 5.38. The van der Waals surface area contributed by atoms with Gasteiger partial charge < -0.3 is 10.0 Å². The maximum atomic E-state index is 12.6. The standard InChI is InChI=1S/C15H19N3O3/c1-11(2)10-17(8-6-14(19)20)15(21)12-9-16-18-7-4-3-5-13(12)18/h3-5,7,9,11H,6,8,10H2,1-2H3,(H,19,20). The van der Waals surface area contributed by atoms with Crippen LogP contribution < -0.4 is 0 Å². The Morgan fingerprint density at radius 1 is 1.38 bits per heavy atom. The summed E-state index contributed by atoms with van der Waals surface area (Å²) in [5, 5.41) is 13.0. The van der Waals surface area contributed by atoms with Crippen LogP contribution in [0.25, 0.3) is 5.52 Å². The lowest BCUT2D eigenvalue weighted by molar-refractivity contribution is -0.137. The van der Waals surface area contributed by atoms with Gasteiger partial charge in [0, 0.05) is 19.3 Å². The molecule has 0 aliphatic carbocycles. The van der Waals surface area contributed by atoms with Crippen molar-refractivity contribution in [2.24, 2.45) is 5.92 Å². The second-order valence-corrected chi connectivity index (χ2v) is 5.38. The van der Waals surface area contributed by atoms with Gasteiger partial charge >= 0.3 is 5.97 Å². The lowest BCUT2D eigenvalue weighted by atomic mass is 10.1. The van der Waals surface area contributed by atoms with E-state index < -0.39 is 5.97 Å². The SMILES string of the molecule is CC(C)CN(CCC(=O)O)C(=O)c1cnn2ccccc12. The van der Waals surface area contributed by atoms with Gasteiger partial charge in [-0.2, -0.15) is 5.10 Å². The molecule has 6 nitrogen and oxygen atoms in total. The average molecular weight is 289 g/mol. The Balaban J connectivity index is 2.26. The summed E-state index contributed by atoms with van der Waals surface area (Å²) in [6.07, 6.45) is 3.25. The number of pyridine rings is 1. The zero-order valence-corrected chi connectivity index (χ0v) is 12.2. The van der Waals surface area contributed by atoms with E-state index in [1.807, 2.05) is 32.0 Å². The van der Waals surface area contributed by atoms with E-state index in [9.17, 15) is 9.59 Å². The van der Waals surface area contributed by atoms with E-state index in [0.717, 1.165) is 5.52 Å². The molecule has 2 rings (SSSR count). The molecule has 0 aromatic carbocycles. The van der Waals surface area contributed by atoms with Crippen LogP contribution in [0.5, 0.6) is 0 Å². The van der Waals surface area contributed by atoms with Crippen LogP contribution in [-0.4, -0.2) is 44.6 Å². The summed E-state index contributed by atoms with van der Waals surface area (Å²) in [5.74, 6) is -0.813. The summed E-state index contributed by atoms with van der Waals surface area (Å²) >= 11 is 0. The second kappa shape index (κ2) is 6.39. The number of rotatable bonds is 6. The number of aliphatic carboxylic acids is 1. The first-order valence-electron chi connectivity index (χ1n) is 6.92. The number of nitrogens with zero attached hydrogens (tertiary/aromatic N) is 3. The molecule has 1 amide bonds. The van der Waals surface area contributed by atoms with Gasteiger partial charge in [0.2, 0.25) is 0 Å². The highest BCUT2D eigenvalue weighted by Gasteiger charge is 2.21. The van der Waals surface area contributed by atoms with Crippen LogP contribution in [0.3, 0.4) is 0 Å². The molecular formula is C15H19N3O3. The summed E-state index contributed by atoms with van der Waals surface area (Å²) in [4.78, 5) is 25.0. The zero-order valence-electron chi connectivity index (χ0n) is 12.2. The van der Waals surface area contributed by atoms with Crippen LogP contribution in [0, 0.1) is 5.92 Å². The number of hydrogen-bond acceptors (Lipinski definition) is 3. The predicted octanol–water partition coefficient (Wildman–Crippen LogP) is 1.91. The molecule has 1 N–H and O–H groups in total. The molecule has 2 aromatic heterocycles. The van der Waals surface area contributed by atoms with Crippen LogP contribution in [0.1, 0.15) is 30.6 Å². The third-order valence-electron chi connectivity index (χ3n) is 3.13. The minimum atomic E-state index is -0.906. The fourth-order valence-electron chi connectivity index (χ4n) is 2.22. The van der Waals surface area contributed by atoms with Crippen molar-refractivity contribution < 1.29 is 14.7 Å². The summed E-state index contributed by atoms with van der Waals surface area (Å²) in [6, 6.07) is 5.51. The first-order valence-corrected chi connectivity index (χ1v) is 6.92. The summed E-state index contributed by atoms with van der Waals surface area (Å²) in [7, 11) is 0. The van der Waals surface area contributed by atoms with Gasteiger partial charge in [-0.05, 0) is 18.1 Å². The molecule has 2 heterocycles. The number of carboxylic acid groups (broad SMARTS) is 1.